The zero-order valence-corrected chi connectivity index (χ0v) is 31.2. The second-order valence-electron chi connectivity index (χ2n) is 12.6. The number of thioether (sulfide) groups is 1. The first-order valence-corrected chi connectivity index (χ1v) is 18.8. The molecule has 1 aliphatic rings. The summed E-state index contributed by atoms with van der Waals surface area (Å²) in [4.78, 5) is 0. The fourth-order valence-electron chi connectivity index (χ4n) is 6.89. The third-order valence-corrected chi connectivity index (χ3v) is 13.3. The zero-order valence-electron chi connectivity index (χ0n) is 29.5. The van der Waals surface area contributed by atoms with Gasteiger partial charge in [-0.15, -0.1) is 0 Å². The highest BCUT2D eigenvalue weighted by molar-refractivity contribution is 8.02. The highest BCUT2D eigenvalue weighted by Gasteiger charge is 2.50. The quantitative estimate of drug-likeness (QED) is 0.0612. The Labute approximate surface area is 294 Å². The first kappa shape index (κ1) is 38.2. The molecule has 3 aromatic rings. The van der Waals surface area contributed by atoms with Crippen LogP contribution in [0.25, 0.3) is 0 Å². The van der Waals surface area contributed by atoms with Crippen LogP contribution in [-0.4, -0.2) is 81.3 Å². The lowest BCUT2D eigenvalue weighted by atomic mass is 9.79. The molecular formula is C38H50BN2O5PS. The minimum Gasteiger partial charge on any atom is -0.497 e. The summed E-state index contributed by atoms with van der Waals surface area (Å²) < 4.78 is 33.7. The van der Waals surface area contributed by atoms with Crippen LogP contribution >= 0.6 is 20.1 Å². The van der Waals surface area contributed by atoms with E-state index in [4.69, 9.17) is 31.3 Å². The van der Waals surface area contributed by atoms with Gasteiger partial charge in [0.05, 0.1) is 53.9 Å². The van der Waals surface area contributed by atoms with Gasteiger partial charge >= 0.3 is 0 Å². The second-order valence-corrected chi connectivity index (χ2v) is 16.1. The van der Waals surface area contributed by atoms with Crippen molar-refractivity contribution in [3.05, 3.63) is 95.6 Å². The van der Waals surface area contributed by atoms with Crippen molar-refractivity contribution in [3.8, 4) is 17.6 Å². The van der Waals surface area contributed by atoms with Crippen LogP contribution in [0.2, 0.25) is 0 Å². The molecule has 256 valence electrons. The molecule has 7 nitrogen and oxygen atoms in total. The van der Waals surface area contributed by atoms with Gasteiger partial charge < -0.3 is 23.5 Å². The molecule has 4 rings (SSSR count). The maximum atomic E-state index is 9.32. The topological polar surface area (TPSA) is 73.2 Å². The predicted octanol–water partition coefficient (Wildman–Crippen LogP) is 8.00. The normalized spacial score (nSPS) is 21.0. The van der Waals surface area contributed by atoms with Crippen LogP contribution in [0.15, 0.2) is 78.9 Å². The summed E-state index contributed by atoms with van der Waals surface area (Å²) >= 11 is 1.72. The standard InChI is InChI=1S/C38H50BN2O5PS/c1-26(2)41(27(3)4)47(46-24-12-23-40)28(5)35-34(48-37(39)36(35)44-8)25-45-38(29-13-10-9-11-14-29,30-15-19-32(42-6)20-16-30)31-17-21-33(43-7)22-18-31/h9-11,13-22,26-28,34-37H,12,24-25H2,1-8H3/t28-,34-,35-,36-,37-,47?/m1/s1. The number of hydrogen-bond donors (Lipinski definition) is 0. The van der Waals surface area contributed by atoms with Crippen molar-refractivity contribution in [1.29, 1.82) is 5.26 Å². The van der Waals surface area contributed by atoms with Crippen LogP contribution in [0.3, 0.4) is 0 Å². The lowest BCUT2D eigenvalue weighted by Gasteiger charge is -2.44. The van der Waals surface area contributed by atoms with Crippen molar-refractivity contribution < 1.29 is 23.5 Å². The number of ether oxygens (including phenoxy) is 4. The zero-order chi connectivity index (χ0) is 34.8. The van der Waals surface area contributed by atoms with Crippen molar-refractivity contribution in [2.75, 3.05) is 34.5 Å². The predicted molar refractivity (Wildman–Crippen MR) is 198 cm³/mol. The third-order valence-electron chi connectivity index (χ3n) is 9.00. The molecule has 6 atom stereocenters. The lowest BCUT2D eigenvalue weighted by molar-refractivity contribution is -0.00358. The average molecular weight is 689 g/mol. The second kappa shape index (κ2) is 17.9. The molecule has 0 aromatic heterocycles. The first-order chi connectivity index (χ1) is 23.1. The maximum Gasteiger partial charge on any atom is 0.143 e. The maximum absolute atomic E-state index is 9.32. The van der Waals surface area contributed by atoms with Gasteiger partial charge in [0.1, 0.15) is 25.4 Å². The van der Waals surface area contributed by atoms with E-state index in [1.807, 2.05) is 42.5 Å². The van der Waals surface area contributed by atoms with Gasteiger partial charge in [0, 0.05) is 36.0 Å². The van der Waals surface area contributed by atoms with Crippen molar-refractivity contribution in [2.24, 2.45) is 5.92 Å². The minimum atomic E-state index is -1.10. The van der Waals surface area contributed by atoms with Crippen molar-refractivity contribution in [1.82, 2.24) is 4.67 Å². The number of methoxy groups -OCH3 is 3. The van der Waals surface area contributed by atoms with Crippen LogP contribution in [0, 0.1) is 17.2 Å². The SMILES string of the molecule is [B][C@@H]1S[C@H](COC(c2ccccc2)(c2ccc(OC)cc2)c2ccc(OC)cc2)[C@@H]([C@@H](C)P(OCCC#N)N(C(C)C)C(C)C)[C@H]1OC. The fourth-order valence-corrected chi connectivity index (χ4v) is 11.2. The Morgan fingerprint density at radius 3 is 1.81 bits per heavy atom. The van der Waals surface area contributed by atoms with Crippen LogP contribution in [0.5, 0.6) is 11.5 Å². The van der Waals surface area contributed by atoms with E-state index in [-0.39, 0.29) is 40.2 Å². The van der Waals surface area contributed by atoms with Gasteiger partial charge in [-0.05, 0) is 73.8 Å². The third kappa shape index (κ3) is 8.41. The van der Waals surface area contributed by atoms with Gasteiger partial charge in [-0.3, -0.25) is 4.67 Å². The number of hydrogen-bond acceptors (Lipinski definition) is 8. The van der Waals surface area contributed by atoms with E-state index < -0.39 is 13.9 Å². The van der Waals surface area contributed by atoms with Gasteiger partial charge in [-0.25, -0.2) is 0 Å². The van der Waals surface area contributed by atoms with Crippen molar-refractivity contribution >= 4 is 27.9 Å². The minimum absolute atomic E-state index is 0.00488. The Morgan fingerprint density at radius 1 is 0.833 bits per heavy atom. The van der Waals surface area contributed by atoms with E-state index in [0.29, 0.717) is 19.6 Å². The molecule has 10 heteroatoms. The molecule has 0 N–H and O–H groups in total. The number of rotatable bonds is 17. The van der Waals surface area contributed by atoms with Crippen LogP contribution in [-0.2, 0) is 19.6 Å². The summed E-state index contributed by atoms with van der Waals surface area (Å²) in [5.41, 5.74) is 2.10. The van der Waals surface area contributed by atoms with Crippen LogP contribution < -0.4 is 9.47 Å². The Hall–Kier alpha value is -2.57. The smallest absolute Gasteiger partial charge is 0.143 e. The Kier molecular flexibility index (Phi) is 14.3. The lowest BCUT2D eigenvalue weighted by Crippen LogP contribution is -2.44. The molecule has 0 aliphatic carbocycles. The highest BCUT2D eigenvalue weighted by Crippen LogP contribution is 2.57. The van der Waals surface area contributed by atoms with E-state index in [9.17, 15) is 5.26 Å². The molecule has 1 heterocycles. The number of nitriles is 1. The monoisotopic (exact) mass is 688 g/mol. The van der Waals surface area contributed by atoms with Gasteiger partial charge in [-0.2, -0.15) is 17.0 Å². The van der Waals surface area contributed by atoms with Gasteiger partial charge in [0.25, 0.3) is 0 Å². The van der Waals surface area contributed by atoms with Gasteiger partial charge in [0.15, 0.2) is 0 Å². The first-order valence-electron chi connectivity index (χ1n) is 16.6. The van der Waals surface area contributed by atoms with Gasteiger partial charge in [0.2, 0.25) is 0 Å². The molecule has 3 aromatic carbocycles. The van der Waals surface area contributed by atoms with E-state index in [1.54, 1.807) is 33.1 Å². The summed E-state index contributed by atoms with van der Waals surface area (Å²) in [6.07, 6.45) is 0.149. The molecule has 48 heavy (non-hydrogen) atoms. The molecule has 2 radical (unpaired) electrons. The Bertz CT molecular complexity index is 1380. The molecule has 0 amide bonds. The average Bonchev–Trinajstić information content (AvgIpc) is 3.43. The molecule has 0 bridgehead atoms. The Balaban J connectivity index is 1.81. The number of nitrogens with zero attached hydrogens (tertiary/aromatic N) is 2. The molecule has 1 fully saturated rings. The summed E-state index contributed by atoms with van der Waals surface area (Å²) in [5, 5.41) is 9.10. The van der Waals surface area contributed by atoms with Crippen molar-refractivity contribution in [3.63, 3.8) is 0 Å². The number of benzene rings is 3. The molecule has 0 spiro atoms. The Morgan fingerprint density at radius 2 is 1.35 bits per heavy atom. The van der Waals surface area contributed by atoms with E-state index in [0.717, 1.165) is 28.2 Å². The summed E-state index contributed by atoms with van der Waals surface area (Å²) in [5.74, 6) is 1.58. The van der Waals surface area contributed by atoms with Crippen LogP contribution in [0.1, 0.15) is 57.7 Å². The highest BCUT2D eigenvalue weighted by atomic mass is 32.2. The molecule has 0 saturated carbocycles. The van der Waals surface area contributed by atoms with Crippen molar-refractivity contribution in [2.45, 2.75) is 80.9 Å². The van der Waals surface area contributed by atoms with Gasteiger partial charge in [-0.1, -0.05) is 61.5 Å². The van der Waals surface area contributed by atoms with E-state index in [1.165, 1.54) is 0 Å². The van der Waals surface area contributed by atoms with E-state index in [2.05, 4.69) is 81.8 Å². The van der Waals surface area contributed by atoms with Crippen LogP contribution in [0.4, 0.5) is 0 Å². The summed E-state index contributed by atoms with van der Waals surface area (Å²) in [7, 11) is 10.8. The molecular weight excluding hydrogens is 638 g/mol. The molecule has 1 saturated heterocycles. The van der Waals surface area contributed by atoms with E-state index >= 15 is 0 Å². The summed E-state index contributed by atoms with van der Waals surface area (Å²) in [6, 6.07) is 29.3. The molecule has 1 unspecified atom stereocenters. The fraction of sp³-hybridized carbons (Fsp3) is 0.500. The summed E-state index contributed by atoms with van der Waals surface area (Å²) in [6.45, 7) is 11.9. The molecule has 1 aliphatic heterocycles. The largest absolute Gasteiger partial charge is 0.497 e.